The first kappa shape index (κ1) is 21.3. The molecule has 0 aliphatic carbocycles. The summed E-state index contributed by atoms with van der Waals surface area (Å²) in [6.45, 7) is 6.57. The summed E-state index contributed by atoms with van der Waals surface area (Å²) >= 11 is 0. The predicted octanol–water partition coefficient (Wildman–Crippen LogP) is 4.72. The van der Waals surface area contributed by atoms with Crippen LogP contribution < -0.4 is 16.4 Å². The van der Waals surface area contributed by atoms with Crippen molar-refractivity contribution in [2.45, 2.75) is 13.0 Å². The number of nitrogens with one attached hydrogen (secondary N) is 2. The molecule has 0 aliphatic rings. The predicted molar refractivity (Wildman–Crippen MR) is 126 cm³/mol. The minimum Gasteiger partial charge on any atom is -0.376 e. The van der Waals surface area contributed by atoms with E-state index in [1.54, 1.807) is 24.7 Å². The summed E-state index contributed by atoms with van der Waals surface area (Å²) in [7, 11) is 0. The molecule has 4 rings (SSSR count). The van der Waals surface area contributed by atoms with Crippen LogP contribution in [0.4, 0.5) is 15.9 Å². The van der Waals surface area contributed by atoms with Crippen LogP contribution in [0.5, 0.6) is 0 Å². The van der Waals surface area contributed by atoms with Crippen molar-refractivity contribution in [1.82, 2.24) is 19.9 Å². The molecule has 1 unspecified atom stereocenters. The van der Waals surface area contributed by atoms with Gasteiger partial charge in [-0.2, -0.15) is 0 Å². The molecule has 32 heavy (non-hydrogen) atoms. The number of anilines is 2. The van der Waals surface area contributed by atoms with Crippen LogP contribution in [0.2, 0.25) is 0 Å². The van der Waals surface area contributed by atoms with Crippen molar-refractivity contribution < 1.29 is 4.39 Å². The number of benzene rings is 2. The fourth-order valence-corrected chi connectivity index (χ4v) is 3.40. The minimum atomic E-state index is -0.281. The normalized spacial score (nSPS) is 11.7. The van der Waals surface area contributed by atoms with E-state index in [9.17, 15) is 4.39 Å². The Balaban J connectivity index is 1.52. The van der Waals surface area contributed by atoms with Gasteiger partial charge in [-0.3, -0.25) is 0 Å². The van der Waals surface area contributed by atoms with Crippen LogP contribution in [0.1, 0.15) is 22.9 Å². The van der Waals surface area contributed by atoms with Crippen LogP contribution in [0.25, 0.3) is 11.4 Å². The summed E-state index contributed by atoms with van der Waals surface area (Å²) in [4.78, 5) is 8.94. The highest BCUT2D eigenvalue weighted by molar-refractivity contribution is 5.61. The monoisotopic (exact) mass is 428 g/mol. The second-order valence-corrected chi connectivity index (χ2v) is 7.48. The Labute approximate surface area is 186 Å². The van der Waals surface area contributed by atoms with Gasteiger partial charge in [0.15, 0.2) is 0 Å². The molecule has 4 N–H and O–H groups in total. The zero-order valence-electron chi connectivity index (χ0n) is 17.8. The smallest absolute Gasteiger partial charge is 0.132 e. The Morgan fingerprint density at radius 1 is 1.12 bits per heavy atom. The van der Waals surface area contributed by atoms with E-state index >= 15 is 0 Å². The minimum absolute atomic E-state index is 0.0528. The number of rotatable bonds is 8. The molecular formula is C25H25FN6. The number of halogens is 1. The number of hydrogen-bond acceptors (Lipinski definition) is 5. The van der Waals surface area contributed by atoms with Crippen molar-refractivity contribution >= 4 is 17.2 Å². The Bertz CT molecular complexity index is 1200. The van der Waals surface area contributed by atoms with Crippen LogP contribution in [0.3, 0.4) is 0 Å². The van der Waals surface area contributed by atoms with Crippen LogP contribution in [0, 0.1) is 12.7 Å². The van der Waals surface area contributed by atoms with E-state index in [0.717, 1.165) is 28.2 Å². The molecule has 0 bridgehead atoms. The Kier molecular flexibility index (Phi) is 6.28. The SMILES string of the molecule is C=C(NC(CN)c1ccccc1)c1cn(-c2cc(Nc3ccc(F)cc3)ncc2C)cn1. The van der Waals surface area contributed by atoms with E-state index in [4.69, 9.17) is 5.73 Å². The summed E-state index contributed by atoms with van der Waals surface area (Å²) in [6, 6.07) is 18.0. The highest BCUT2D eigenvalue weighted by Crippen LogP contribution is 2.22. The third kappa shape index (κ3) is 4.84. The lowest BCUT2D eigenvalue weighted by Gasteiger charge is -2.19. The topological polar surface area (TPSA) is 80.8 Å². The zero-order chi connectivity index (χ0) is 22.5. The van der Waals surface area contributed by atoms with Crippen molar-refractivity contribution in [3.8, 4) is 5.69 Å². The van der Waals surface area contributed by atoms with Gasteiger partial charge in [0.25, 0.3) is 0 Å². The van der Waals surface area contributed by atoms with Gasteiger partial charge in [0.2, 0.25) is 0 Å². The third-order valence-corrected chi connectivity index (χ3v) is 5.15. The lowest BCUT2D eigenvalue weighted by Crippen LogP contribution is -2.26. The number of hydrogen-bond donors (Lipinski definition) is 3. The van der Waals surface area contributed by atoms with Crippen molar-refractivity contribution in [1.29, 1.82) is 0 Å². The second-order valence-electron chi connectivity index (χ2n) is 7.48. The lowest BCUT2D eigenvalue weighted by molar-refractivity contribution is 0.628. The van der Waals surface area contributed by atoms with E-state index in [1.807, 2.05) is 54.1 Å². The number of aryl methyl sites for hydroxylation is 1. The molecule has 0 fully saturated rings. The summed E-state index contributed by atoms with van der Waals surface area (Å²) in [6.07, 6.45) is 5.44. The first-order valence-electron chi connectivity index (χ1n) is 10.3. The highest BCUT2D eigenvalue weighted by Gasteiger charge is 2.13. The molecule has 1 atom stereocenters. The number of nitrogens with two attached hydrogens (primary N) is 1. The van der Waals surface area contributed by atoms with Crippen molar-refractivity contribution in [2.75, 3.05) is 11.9 Å². The number of imidazole rings is 1. The maximum Gasteiger partial charge on any atom is 0.132 e. The largest absolute Gasteiger partial charge is 0.376 e. The van der Waals surface area contributed by atoms with Gasteiger partial charge in [0, 0.05) is 30.7 Å². The van der Waals surface area contributed by atoms with Crippen LogP contribution >= 0.6 is 0 Å². The zero-order valence-corrected chi connectivity index (χ0v) is 17.8. The van der Waals surface area contributed by atoms with Crippen molar-refractivity contribution in [3.05, 3.63) is 109 Å². The fourth-order valence-electron chi connectivity index (χ4n) is 3.40. The Morgan fingerprint density at radius 3 is 2.59 bits per heavy atom. The molecule has 0 radical (unpaired) electrons. The van der Waals surface area contributed by atoms with Crippen LogP contribution in [-0.4, -0.2) is 21.1 Å². The third-order valence-electron chi connectivity index (χ3n) is 5.15. The van der Waals surface area contributed by atoms with Gasteiger partial charge in [-0.25, -0.2) is 14.4 Å². The molecular weight excluding hydrogens is 403 g/mol. The first-order chi connectivity index (χ1) is 15.5. The molecule has 2 aromatic carbocycles. The molecule has 4 aromatic rings. The van der Waals surface area contributed by atoms with Gasteiger partial charge in [-0.15, -0.1) is 0 Å². The summed E-state index contributed by atoms with van der Waals surface area (Å²) in [5.74, 6) is 0.369. The number of nitrogens with zero attached hydrogens (tertiary/aromatic N) is 3. The molecule has 0 saturated heterocycles. The van der Waals surface area contributed by atoms with E-state index in [1.165, 1.54) is 12.1 Å². The fraction of sp³-hybridized carbons (Fsp3) is 0.120. The molecule has 6 nitrogen and oxygen atoms in total. The summed E-state index contributed by atoms with van der Waals surface area (Å²) in [5, 5.41) is 6.57. The van der Waals surface area contributed by atoms with Gasteiger partial charge < -0.3 is 20.9 Å². The van der Waals surface area contributed by atoms with Crippen LogP contribution in [-0.2, 0) is 0 Å². The molecule has 0 spiro atoms. The van der Waals surface area contributed by atoms with Crippen molar-refractivity contribution in [2.24, 2.45) is 5.73 Å². The van der Waals surface area contributed by atoms with Crippen LogP contribution in [0.15, 0.2) is 86.0 Å². The molecule has 162 valence electrons. The van der Waals surface area contributed by atoms with Crippen molar-refractivity contribution in [3.63, 3.8) is 0 Å². The van der Waals surface area contributed by atoms with E-state index in [-0.39, 0.29) is 11.9 Å². The van der Waals surface area contributed by atoms with Gasteiger partial charge >= 0.3 is 0 Å². The molecule has 2 heterocycles. The van der Waals surface area contributed by atoms with E-state index in [0.29, 0.717) is 18.1 Å². The Hall–Kier alpha value is -3.97. The van der Waals surface area contributed by atoms with E-state index < -0.39 is 0 Å². The second kappa shape index (κ2) is 9.45. The maximum absolute atomic E-state index is 13.2. The molecule has 0 saturated carbocycles. The van der Waals surface area contributed by atoms with Gasteiger partial charge in [-0.05, 0) is 42.3 Å². The quantitative estimate of drug-likeness (QED) is 0.378. The molecule has 7 heteroatoms. The van der Waals surface area contributed by atoms with Gasteiger partial charge in [0.1, 0.15) is 17.3 Å². The molecule has 0 aliphatic heterocycles. The molecule has 0 amide bonds. The van der Waals surface area contributed by atoms with Gasteiger partial charge in [-0.1, -0.05) is 36.9 Å². The number of aromatic nitrogens is 3. The Morgan fingerprint density at radius 2 is 1.88 bits per heavy atom. The maximum atomic E-state index is 13.2. The standard InChI is InChI=1S/C25H25FN6/c1-17-14-28-25(31-21-10-8-20(26)9-11-21)12-24(17)32-15-23(29-16-32)18(2)30-22(13-27)19-6-4-3-5-7-19/h3-12,14-16,22,30H,2,13,27H2,1H3,(H,28,31). The number of pyridine rings is 1. The average Bonchev–Trinajstić information content (AvgIpc) is 3.31. The average molecular weight is 429 g/mol. The van der Waals surface area contributed by atoms with Gasteiger partial charge in [0.05, 0.1) is 23.8 Å². The lowest BCUT2D eigenvalue weighted by atomic mass is 10.1. The summed E-state index contributed by atoms with van der Waals surface area (Å²) in [5.41, 5.74) is 11.2. The first-order valence-corrected chi connectivity index (χ1v) is 10.3. The summed E-state index contributed by atoms with van der Waals surface area (Å²) < 4.78 is 15.1. The molecule has 2 aromatic heterocycles. The van der Waals surface area contributed by atoms with E-state index in [2.05, 4.69) is 27.2 Å². The highest BCUT2D eigenvalue weighted by atomic mass is 19.1.